The molecular formula is C62H112NO8+. The Hall–Kier alpha value is -3.01. The van der Waals surface area contributed by atoms with Crippen LogP contribution in [0.3, 0.4) is 0 Å². The van der Waals surface area contributed by atoms with Crippen LogP contribution in [0.4, 0.5) is 0 Å². The summed E-state index contributed by atoms with van der Waals surface area (Å²) in [4.78, 5) is 37.4. The molecule has 0 aliphatic rings. The zero-order chi connectivity index (χ0) is 52.0. The third-order valence-electron chi connectivity index (χ3n) is 12.7. The molecule has 0 rings (SSSR count). The van der Waals surface area contributed by atoms with E-state index in [2.05, 4.69) is 74.6 Å². The summed E-state index contributed by atoms with van der Waals surface area (Å²) < 4.78 is 22.9. The molecule has 0 aromatic carbocycles. The van der Waals surface area contributed by atoms with Gasteiger partial charge in [0.15, 0.2) is 6.10 Å². The monoisotopic (exact) mass is 999 g/mol. The fourth-order valence-electron chi connectivity index (χ4n) is 8.17. The van der Waals surface area contributed by atoms with E-state index in [0.717, 1.165) is 77.0 Å². The number of ether oxygens (including phenoxy) is 4. The molecule has 0 heterocycles. The summed E-state index contributed by atoms with van der Waals surface area (Å²) >= 11 is 0. The van der Waals surface area contributed by atoms with Crippen LogP contribution in [0.25, 0.3) is 0 Å². The average Bonchev–Trinajstić information content (AvgIpc) is 3.34. The van der Waals surface area contributed by atoms with Crippen molar-refractivity contribution in [3.63, 3.8) is 0 Å². The van der Waals surface area contributed by atoms with Gasteiger partial charge >= 0.3 is 17.9 Å². The number of hydrogen-bond donors (Lipinski definition) is 1. The molecule has 9 nitrogen and oxygen atoms in total. The van der Waals surface area contributed by atoms with Crippen molar-refractivity contribution in [1.82, 2.24) is 0 Å². The van der Waals surface area contributed by atoms with E-state index in [1.807, 2.05) is 21.1 Å². The van der Waals surface area contributed by atoms with Crippen LogP contribution < -0.4 is 0 Å². The summed E-state index contributed by atoms with van der Waals surface area (Å²) in [6.07, 6.45) is 64.5. The molecule has 412 valence electrons. The van der Waals surface area contributed by atoms with Crippen molar-refractivity contribution in [3.8, 4) is 0 Å². The van der Waals surface area contributed by atoms with Crippen molar-refractivity contribution in [2.45, 2.75) is 270 Å². The Morgan fingerprint density at radius 1 is 0.423 bits per heavy atom. The van der Waals surface area contributed by atoms with Crippen LogP contribution in [0, 0.1) is 0 Å². The number of allylic oxidation sites excluding steroid dienone is 10. The van der Waals surface area contributed by atoms with Gasteiger partial charge < -0.3 is 28.5 Å². The Balaban J connectivity index is 4.15. The summed E-state index contributed by atoms with van der Waals surface area (Å²) in [7, 11) is 5.96. The van der Waals surface area contributed by atoms with E-state index in [0.29, 0.717) is 11.0 Å². The Labute approximate surface area is 437 Å². The molecule has 0 fully saturated rings. The van der Waals surface area contributed by atoms with Crippen LogP contribution in [0.1, 0.15) is 258 Å². The Kier molecular flexibility index (Phi) is 51.0. The van der Waals surface area contributed by atoms with Gasteiger partial charge in [0.05, 0.1) is 34.4 Å². The lowest BCUT2D eigenvalue weighted by Gasteiger charge is -2.25. The van der Waals surface area contributed by atoms with Gasteiger partial charge in [-0.05, 0) is 83.5 Å². The first kappa shape index (κ1) is 68.0. The maximum Gasteiger partial charge on any atom is 0.361 e. The van der Waals surface area contributed by atoms with E-state index in [9.17, 15) is 19.5 Å². The molecule has 0 aliphatic carbocycles. The first-order valence-electron chi connectivity index (χ1n) is 29.5. The van der Waals surface area contributed by atoms with Gasteiger partial charge in [0.2, 0.25) is 0 Å². The summed E-state index contributed by atoms with van der Waals surface area (Å²) in [5.41, 5.74) is 0. The molecule has 2 atom stereocenters. The third-order valence-corrected chi connectivity index (χ3v) is 12.7. The quantitative estimate of drug-likeness (QED) is 0.0211. The van der Waals surface area contributed by atoms with Gasteiger partial charge in [-0.2, -0.15) is 0 Å². The van der Waals surface area contributed by atoms with Crippen LogP contribution in [0.2, 0.25) is 0 Å². The van der Waals surface area contributed by atoms with Crippen LogP contribution in [-0.4, -0.2) is 87.4 Å². The maximum absolute atomic E-state index is 12.9. The minimum Gasteiger partial charge on any atom is -0.477 e. The lowest BCUT2D eigenvalue weighted by Crippen LogP contribution is -2.40. The molecule has 0 aromatic heterocycles. The third kappa shape index (κ3) is 54.6. The summed E-state index contributed by atoms with van der Waals surface area (Å²) in [5, 5.41) is 9.69. The Morgan fingerprint density at radius 2 is 0.761 bits per heavy atom. The number of carboxylic acids is 1. The molecule has 0 amide bonds. The number of quaternary nitrogens is 1. The van der Waals surface area contributed by atoms with Crippen LogP contribution in [0.15, 0.2) is 60.8 Å². The van der Waals surface area contributed by atoms with Gasteiger partial charge in [-0.25, -0.2) is 4.79 Å². The highest BCUT2D eigenvalue weighted by atomic mass is 16.7. The van der Waals surface area contributed by atoms with E-state index in [1.165, 1.54) is 154 Å². The number of unbranched alkanes of at least 4 members (excludes halogenated alkanes) is 29. The average molecular weight is 1000 g/mol. The topological polar surface area (TPSA) is 108 Å². The van der Waals surface area contributed by atoms with Crippen LogP contribution in [-0.2, 0) is 33.3 Å². The molecule has 9 heteroatoms. The van der Waals surface area contributed by atoms with Gasteiger partial charge in [-0.1, -0.05) is 222 Å². The number of carboxylic acid groups (broad SMARTS) is 1. The van der Waals surface area contributed by atoms with E-state index in [4.69, 9.17) is 18.9 Å². The Morgan fingerprint density at radius 3 is 1.15 bits per heavy atom. The molecule has 71 heavy (non-hydrogen) atoms. The molecule has 0 bridgehead atoms. The molecule has 0 aromatic rings. The zero-order valence-electron chi connectivity index (χ0n) is 46.9. The second kappa shape index (κ2) is 53.3. The number of rotatable bonds is 54. The number of aliphatic carboxylic acids is 1. The molecule has 0 saturated heterocycles. The standard InChI is InChI=1S/C62H111NO8/c1-6-8-10-12-14-16-18-20-22-23-24-25-26-27-28-29-30-31-32-33-34-35-36-37-39-41-43-45-47-49-51-53-60(65)71-58(57-70-62(61(66)67)68-55-54-63(3,4)5)56-69-59(64)52-50-48-46-44-42-40-38-21-19-17-15-13-11-9-7-2/h15,17-18,20-21,23-24,26-27,38,58,62H,6-14,16,19,22,25,28-37,39-57H2,1-5H3/p+1/b17-15-,20-18-,24-23-,27-26-,38-21-. The first-order chi connectivity index (χ1) is 34.6. The van der Waals surface area contributed by atoms with E-state index in [-0.39, 0.29) is 38.6 Å². The van der Waals surface area contributed by atoms with Crippen LogP contribution in [0.5, 0.6) is 0 Å². The van der Waals surface area contributed by atoms with Gasteiger partial charge in [-0.15, -0.1) is 0 Å². The highest BCUT2D eigenvalue weighted by molar-refractivity contribution is 5.71. The minimum absolute atomic E-state index is 0.184. The highest BCUT2D eigenvalue weighted by Gasteiger charge is 2.25. The van der Waals surface area contributed by atoms with Gasteiger partial charge in [0, 0.05) is 12.8 Å². The van der Waals surface area contributed by atoms with Gasteiger partial charge in [0.25, 0.3) is 6.29 Å². The molecule has 0 spiro atoms. The van der Waals surface area contributed by atoms with Gasteiger partial charge in [0.1, 0.15) is 13.2 Å². The summed E-state index contributed by atoms with van der Waals surface area (Å²) in [5.74, 6) is -2.02. The molecule has 0 aliphatic heterocycles. The second-order valence-electron chi connectivity index (χ2n) is 20.9. The second-order valence-corrected chi connectivity index (χ2v) is 20.9. The number of carbonyl (C=O) groups excluding carboxylic acids is 2. The van der Waals surface area contributed by atoms with Crippen molar-refractivity contribution >= 4 is 17.9 Å². The van der Waals surface area contributed by atoms with Crippen molar-refractivity contribution in [2.24, 2.45) is 0 Å². The highest BCUT2D eigenvalue weighted by Crippen LogP contribution is 2.16. The molecule has 0 radical (unpaired) electrons. The zero-order valence-corrected chi connectivity index (χ0v) is 46.9. The number of hydrogen-bond acceptors (Lipinski definition) is 7. The number of likely N-dealkylation sites (N-methyl/N-ethyl adjacent to an activating group) is 1. The first-order valence-corrected chi connectivity index (χ1v) is 29.5. The Bertz CT molecular complexity index is 1350. The predicted molar refractivity (Wildman–Crippen MR) is 300 cm³/mol. The van der Waals surface area contributed by atoms with Crippen molar-refractivity contribution in [3.05, 3.63) is 60.8 Å². The summed E-state index contributed by atoms with van der Waals surface area (Å²) in [6.45, 7) is 4.84. The number of carbonyl (C=O) groups is 3. The maximum atomic E-state index is 12.9. The fourth-order valence-corrected chi connectivity index (χ4v) is 8.17. The predicted octanol–water partition coefficient (Wildman–Crippen LogP) is 17.2. The number of esters is 2. The SMILES string of the molecule is CCCCC/C=C\C/C=C\CCCCCCCC(=O)OCC(COC(OCC[N+](C)(C)C)C(=O)O)OC(=O)CCCCCCCCCCCCCCCCCC/C=C\C/C=C\C/C=C\CCCCCCC. The van der Waals surface area contributed by atoms with Crippen molar-refractivity contribution in [1.29, 1.82) is 0 Å². The van der Waals surface area contributed by atoms with E-state index in [1.54, 1.807) is 0 Å². The van der Waals surface area contributed by atoms with Gasteiger partial charge in [-0.3, -0.25) is 9.59 Å². The van der Waals surface area contributed by atoms with E-state index < -0.39 is 24.3 Å². The largest absolute Gasteiger partial charge is 0.477 e. The van der Waals surface area contributed by atoms with Crippen LogP contribution >= 0.6 is 0 Å². The summed E-state index contributed by atoms with van der Waals surface area (Å²) in [6, 6.07) is 0. The molecule has 1 N–H and O–H groups in total. The molecule has 0 saturated carbocycles. The minimum atomic E-state index is -1.51. The fraction of sp³-hybridized carbons (Fsp3) is 0.790. The molecule has 2 unspecified atom stereocenters. The van der Waals surface area contributed by atoms with E-state index >= 15 is 0 Å². The smallest absolute Gasteiger partial charge is 0.361 e. The molecular weight excluding hydrogens is 887 g/mol. The lowest BCUT2D eigenvalue weighted by molar-refractivity contribution is -0.870. The van der Waals surface area contributed by atoms with Crippen molar-refractivity contribution in [2.75, 3.05) is 47.5 Å². The van der Waals surface area contributed by atoms with Crippen molar-refractivity contribution < 1.29 is 42.9 Å². The number of nitrogens with zero attached hydrogens (tertiary/aromatic N) is 1. The lowest BCUT2D eigenvalue weighted by atomic mass is 10.0. The normalized spacial score (nSPS) is 13.2.